The maximum Gasteiger partial charge on any atom is 0.275 e. The predicted octanol–water partition coefficient (Wildman–Crippen LogP) is 6.18. The van der Waals surface area contributed by atoms with E-state index in [-0.39, 0.29) is 5.91 Å². The number of nitrogens with one attached hydrogen (secondary N) is 1. The summed E-state index contributed by atoms with van der Waals surface area (Å²) in [5.41, 5.74) is 4.43. The first-order chi connectivity index (χ1) is 14.5. The lowest BCUT2D eigenvalue weighted by Crippen LogP contribution is -2.47. The summed E-state index contributed by atoms with van der Waals surface area (Å²) >= 11 is 0. The van der Waals surface area contributed by atoms with E-state index in [2.05, 4.69) is 44.5 Å². The second-order valence-corrected chi connectivity index (χ2v) is 10.1. The van der Waals surface area contributed by atoms with Crippen LogP contribution in [0.1, 0.15) is 101 Å². The number of nitrogens with zero attached hydrogens (tertiary/aromatic N) is 1. The lowest BCUT2D eigenvalue weighted by molar-refractivity contribution is -0.895. The third kappa shape index (κ3) is 10.1. The molecule has 0 bridgehead atoms. The fourth-order valence-corrected chi connectivity index (χ4v) is 4.72. The molecule has 0 aliphatic heterocycles. The van der Waals surface area contributed by atoms with Crippen LogP contribution < -0.4 is 5.32 Å². The first-order valence-corrected chi connectivity index (χ1v) is 12.7. The van der Waals surface area contributed by atoms with Crippen molar-refractivity contribution in [3.63, 3.8) is 0 Å². The molecule has 0 aromatic heterocycles. The van der Waals surface area contributed by atoms with Crippen LogP contribution in [-0.2, 0) is 24.2 Å². The van der Waals surface area contributed by atoms with E-state index in [9.17, 15) is 4.79 Å². The SMILES string of the molecule is CCCCCCCCCCCCNC(=O)C[N+](C)(C)Cc1ccc2c(c1)CCCC2. The molecule has 1 aromatic rings. The molecule has 0 atom stereocenters. The molecule has 2 rings (SSSR count). The summed E-state index contributed by atoms with van der Waals surface area (Å²) in [5, 5.41) is 3.15. The molecule has 0 saturated heterocycles. The molecule has 0 unspecified atom stereocenters. The third-order valence-electron chi connectivity index (χ3n) is 6.45. The van der Waals surface area contributed by atoms with E-state index < -0.39 is 0 Å². The zero-order valence-corrected chi connectivity index (χ0v) is 20.1. The van der Waals surface area contributed by atoms with Crippen molar-refractivity contribution in [3.05, 3.63) is 34.9 Å². The molecule has 3 nitrogen and oxygen atoms in total. The smallest absolute Gasteiger partial charge is 0.275 e. The molecule has 0 saturated carbocycles. The van der Waals surface area contributed by atoms with Crippen LogP contribution in [0.3, 0.4) is 0 Å². The van der Waals surface area contributed by atoms with Crippen LogP contribution in [0.4, 0.5) is 0 Å². The van der Waals surface area contributed by atoms with Gasteiger partial charge in [0.25, 0.3) is 5.91 Å². The van der Waals surface area contributed by atoms with Crippen molar-refractivity contribution in [2.24, 2.45) is 0 Å². The number of quaternary nitrogens is 1. The van der Waals surface area contributed by atoms with Gasteiger partial charge in [-0.3, -0.25) is 4.79 Å². The average molecular weight is 416 g/mol. The van der Waals surface area contributed by atoms with Gasteiger partial charge >= 0.3 is 0 Å². The van der Waals surface area contributed by atoms with Crippen molar-refractivity contribution in [3.8, 4) is 0 Å². The van der Waals surface area contributed by atoms with Gasteiger partial charge in [-0.1, -0.05) is 76.8 Å². The molecule has 1 amide bonds. The number of carbonyl (C=O) groups is 1. The summed E-state index contributed by atoms with van der Waals surface area (Å²) < 4.78 is 0.711. The number of benzene rings is 1. The van der Waals surface area contributed by atoms with Crippen molar-refractivity contribution >= 4 is 5.91 Å². The minimum atomic E-state index is 0.189. The van der Waals surface area contributed by atoms with Gasteiger partial charge in [0.05, 0.1) is 14.1 Å². The quantitative estimate of drug-likeness (QED) is 0.269. The van der Waals surface area contributed by atoms with Gasteiger partial charge in [-0.2, -0.15) is 0 Å². The fourth-order valence-electron chi connectivity index (χ4n) is 4.72. The summed E-state index contributed by atoms with van der Waals surface area (Å²) in [6.07, 6.45) is 18.4. The Balaban J connectivity index is 1.55. The van der Waals surface area contributed by atoms with E-state index in [1.165, 1.54) is 100 Å². The highest BCUT2D eigenvalue weighted by Gasteiger charge is 2.21. The maximum absolute atomic E-state index is 12.4. The van der Waals surface area contributed by atoms with Crippen molar-refractivity contribution in [1.82, 2.24) is 5.32 Å². The molecule has 1 aromatic carbocycles. The Hall–Kier alpha value is -1.35. The van der Waals surface area contributed by atoms with E-state index >= 15 is 0 Å². The molecule has 1 aliphatic rings. The molecule has 30 heavy (non-hydrogen) atoms. The number of carbonyl (C=O) groups excluding carboxylic acids is 1. The fraction of sp³-hybridized carbons (Fsp3) is 0.741. The third-order valence-corrected chi connectivity index (χ3v) is 6.45. The summed E-state index contributed by atoms with van der Waals surface area (Å²) in [6, 6.07) is 6.97. The number of likely N-dealkylation sites (N-methyl/N-ethyl adjacent to an activating group) is 1. The Kier molecular flexibility index (Phi) is 11.5. The summed E-state index contributed by atoms with van der Waals surface area (Å²) in [6.45, 7) is 4.57. The number of fused-ring (bicyclic) bond motifs is 1. The molecule has 0 spiro atoms. The van der Waals surface area contributed by atoms with Crippen molar-refractivity contribution in [1.29, 1.82) is 0 Å². The lowest BCUT2D eigenvalue weighted by atomic mass is 9.90. The highest BCUT2D eigenvalue weighted by atomic mass is 16.2. The number of hydrogen-bond acceptors (Lipinski definition) is 1. The van der Waals surface area contributed by atoms with Crippen molar-refractivity contribution < 1.29 is 9.28 Å². The maximum atomic E-state index is 12.4. The molecule has 1 aliphatic carbocycles. The van der Waals surface area contributed by atoms with Crippen LogP contribution in [0.25, 0.3) is 0 Å². The second kappa shape index (κ2) is 13.9. The first-order valence-electron chi connectivity index (χ1n) is 12.7. The summed E-state index contributed by atoms with van der Waals surface area (Å²) in [5.74, 6) is 0.189. The number of hydrogen-bond donors (Lipinski definition) is 1. The zero-order valence-electron chi connectivity index (χ0n) is 20.1. The normalized spacial score (nSPS) is 13.8. The van der Waals surface area contributed by atoms with E-state index in [4.69, 9.17) is 0 Å². The predicted molar refractivity (Wildman–Crippen MR) is 129 cm³/mol. The first kappa shape index (κ1) is 24.9. The summed E-state index contributed by atoms with van der Waals surface area (Å²) in [4.78, 5) is 12.4. The van der Waals surface area contributed by atoms with Gasteiger partial charge in [-0.25, -0.2) is 0 Å². The van der Waals surface area contributed by atoms with E-state index in [1.54, 1.807) is 0 Å². The minimum Gasteiger partial charge on any atom is -0.351 e. The number of aryl methyl sites for hydroxylation is 2. The Morgan fingerprint density at radius 1 is 0.867 bits per heavy atom. The lowest BCUT2D eigenvalue weighted by Gasteiger charge is -2.29. The van der Waals surface area contributed by atoms with Crippen LogP contribution in [-0.4, -0.2) is 37.6 Å². The van der Waals surface area contributed by atoms with Crippen molar-refractivity contribution in [2.75, 3.05) is 27.2 Å². The highest BCUT2D eigenvalue weighted by Crippen LogP contribution is 2.23. The Bertz CT molecular complexity index is 623. The van der Waals surface area contributed by atoms with Crippen molar-refractivity contribution in [2.45, 2.75) is 103 Å². The van der Waals surface area contributed by atoms with Crippen LogP contribution in [0.2, 0.25) is 0 Å². The van der Waals surface area contributed by atoms with Crippen LogP contribution in [0, 0.1) is 0 Å². The van der Waals surface area contributed by atoms with Crippen LogP contribution in [0.15, 0.2) is 18.2 Å². The standard InChI is InChI=1S/C27H46N2O/c1-4-5-6-7-8-9-10-11-12-15-20-28-27(30)23-29(2,3)22-24-18-19-25-16-13-14-17-26(25)21-24/h18-19,21H,4-17,20,22-23H2,1-3H3/p+1. The van der Waals surface area contributed by atoms with Gasteiger partial charge in [0.1, 0.15) is 6.54 Å². The number of unbranched alkanes of at least 4 members (excludes halogenated alkanes) is 9. The second-order valence-electron chi connectivity index (χ2n) is 10.1. The van der Waals surface area contributed by atoms with Crippen LogP contribution >= 0.6 is 0 Å². The Morgan fingerprint density at radius 2 is 1.47 bits per heavy atom. The van der Waals surface area contributed by atoms with E-state index in [0.717, 1.165) is 19.5 Å². The minimum absolute atomic E-state index is 0.189. The van der Waals surface area contributed by atoms with Crippen LogP contribution in [0.5, 0.6) is 0 Å². The van der Waals surface area contributed by atoms with Gasteiger partial charge in [0.2, 0.25) is 0 Å². The average Bonchev–Trinajstić information content (AvgIpc) is 2.71. The van der Waals surface area contributed by atoms with Gasteiger partial charge < -0.3 is 9.80 Å². The molecule has 3 heteroatoms. The molecule has 0 fully saturated rings. The molecular formula is C27H47N2O+. The van der Waals surface area contributed by atoms with Gasteiger partial charge in [0.15, 0.2) is 6.54 Å². The number of amides is 1. The molecule has 0 heterocycles. The van der Waals surface area contributed by atoms with E-state index in [0.29, 0.717) is 11.0 Å². The Morgan fingerprint density at radius 3 is 2.13 bits per heavy atom. The van der Waals surface area contributed by atoms with Gasteiger partial charge in [-0.15, -0.1) is 0 Å². The largest absolute Gasteiger partial charge is 0.351 e. The molecule has 0 radical (unpaired) electrons. The molecular weight excluding hydrogens is 368 g/mol. The number of rotatable bonds is 15. The van der Waals surface area contributed by atoms with E-state index in [1.807, 2.05) is 0 Å². The topological polar surface area (TPSA) is 29.1 Å². The summed E-state index contributed by atoms with van der Waals surface area (Å²) in [7, 11) is 4.33. The molecule has 1 N–H and O–H groups in total. The Labute approximate surface area is 186 Å². The zero-order chi connectivity index (χ0) is 21.7. The molecule has 170 valence electrons. The monoisotopic (exact) mass is 415 g/mol. The van der Waals surface area contributed by atoms with Gasteiger partial charge in [-0.05, 0) is 49.3 Å². The van der Waals surface area contributed by atoms with Gasteiger partial charge in [0, 0.05) is 12.1 Å². The highest BCUT2D eigenvalue weighted by molar-refractivity contribution is 5.77.